The zero-order valence-corrected chi connectivity index (χ0v) is 8.71. The lowest BCUT2D eigenvalue weighted by Crippen LogP contribution is -1.88. The van der Waals surface area contributed by atoms with Crippen LogP contribution in [0.25, 0.3) is 12.2 Å². The molecule has 1 aromatic heterocycles. The van der Waals surface area contributed by atoms with E-state index in [1.165, 1.54) is 0 Å². The van der Waals surface area contributed by atoms with Crippen LogP contribution in [0.5, 0.6) is 0 Å². The highest BCUT2D eigenvalue weighted by Crippen LogP contribution is 2.08. The quantitative estimate of drug-likeness (QED) is 0.727. The second kappa shape index (κ2) is 5.03. The predicted octanol–water partition coefficient (Wildman–Crippen LogP) is 3.06. The van der Waals surface area contributed by atoms with E-state index < -0.39 is 0 Å². The van der Waals surface area contributed by atoms with Crippen LogP contribution in [0.3, 0.4) is 0 Å². The molecular weight excluding hydrogens is 198 g/mol. The summed E-state index contributed by atoms with van der Waals surface area (Å²) in [4.78, 5) is 14.9. The third kappa shape index (κ3) is 2.42. The second-order valence-corrected chi connectivity index (χ2v) is 3.34. The minimum absolute atomic E-state index is 0.606. The monoisotopic (exact) mass is 209 g/mol. The van der Waals surface area contributed by atoms with Crippen molar-refractivity contribution >= 4 is 18.4 Å². The van der Waals surface area contributed by atoms with E-state index in [4.69, 9.17) is 0 Å². The van der Waals surface area contributed by atoms with E-state index >= 15 is 0 Å². The first-order chi connectivity index (χ1) is 7.90. The zero-order chi connectivity index (χ0) is 11.2. The number of aldehydes is 1. The summed E-state index contributed by atoms with van der Waals surface area (Å²) in [6, 6.07) is 13.4. The smallest absolute Gasteiger partial charge is 0.152 e. The molecule has 0 atom stereocenters. The number of rotatable bonds is 3. The van der Waals surface area contributed by atoms with E-state index in [0.29, 0.717) is 11.3 Å². The van der Waals surface area contributed by atoms with E-state index in [2.05, 4.69) is 4.98 Å². The largest absolute Gasteiger partial charge is 0.298 e. The van der Waals surface area contributed by atoms with E-state index in [0.717, 1.165) is 11.8 Å². The van der Waals surface area contributed by atoms with Gasteiger partial charge >= 0.3 is 0 Å². The molecule has 0 radical (unpaired) electrons. The molecule has 16 heavy (non-hydrogen) atoms. The van der Waals surface area contributed by atoms with Gasteiger partial charge in [0.05, 0.1) is 5.69 Å². The minimum Gasteiger partial charge on any atom is -0.298 e. The van der Waals surface area contributed by atoms with Crippen LogP contribution in [-0.2, 0) is 0 Å². The molecule has 2 nitrogen and oxygen atoms in total. The van der Waals surface area contributed by atoms with Crippen molar-refractivity contribution in [2.45, 2.75) is 0 Å². The number of benzene rings is 1. The summed E-state index contributed by atoms with van der Waals surface area (Å²) in [5.41, 5.74) is 2.39. The molecule has 2 rings (SSSR count). The topological polar surface area (TPSA) is 30.0 Å². The minimum atomic E-state index is 0.606. The van der Waals surface area contributed by atoms with Crippen molar-refractivity contribution in [1.29, 1.82) is 0 Å². The van der Waals surface area contributed by atoms with Crippen molar-refractivity contribution in [1.82, 2.24) is 4.98 Å². The average molecular weight is 209 g/mol. The maximum atomic E-state index is 10.8. The first-order valence-electron chi connectivity index (χ1n) is 5.03. The van der Waals surface area contributed by atoms with Gasteiger partial charge in [-0.15, -0.1) is 0 Å². The third-order valence-corrected chi connectivity index (χ3v) is 2.23. The number of carbonyl (C=O) groups is 1. The van der Waals surface area contributed by atoms with Gasteiger partial charge in [-0.2, -0.15) is 0 Å². The van der Waals surface area contributed by atoms with Crippen molar-refractivity contribution in [3.8, 4) is 0 Å². The van der Waals surface area contributed by atoms with Crippen molar-refractivity contribution < 1.29 is 4.79 Å². The third-order valence-electron chi connectivity index (χ3n) is 2.23. The van der Waals surface area contributed by atoms with E-state index in [9.17, 15) is 4.79 Å². The highest BCUT2D eigenvalue weighted by Gasteiger charge is 1.96. The lowest BCUT2D eigenvalue weighted by Gasteiger charge is -1.96. The van der Waals surface area contributed by atoms with Crippen molar-refractivity contribution in [3.05, 3.63) is 65.5 Å². The number of nitrogens with zero attached hydrogens (tertiary/aromatic N) is 1. The highest BCUT2D eigenvalue weighted by atomic mass is 16.1. The van der Waals surface area contributed by atoms with Gasteiger partial charge in [0.2, 0.25) is 0 Å². The molecule has 2 aromatic rings. The van der Waals surface area contributed by atoms with E-state index in [1.54, 1.807) is 18.3 Å². The molecule has 0 aliphatic heterocycles. The average Bonchev–Trinajstić information content (AvgIpc) is 2.38. The van der Waals surface area contributed by atoms with Crippen LogP contribution in [-0.4, -0.2) is 11.3 Å². The van der Waals surface area contributed by atoms with E-state index in [1.807, 2.05) is 42.5 Å². The summed E-state index contributed by atoms with van der Waals surface area (Å²) in [6.07, 6.45) is 6.28. The maximum absolute atomic E-state index is 10.8. The number of aromatic nitrogens is 1. The first kappa shape index (κ1) is 10.3. The van der Waals surface area contributed by atoms with Gasteiger partial charge in [-0.1, -0.05) is 36.4 Å². The Morgan fingerprint density at radius 2 is 1.75 bits per heavy atom. The molecule has 0 aliphatic rings. The SMILES string of the molecule is O=Cc1cccnc1C=Cc1ccccc1. The van der Waals surface area contributed by atoms with Crippen LogP contribution in [0.1, 0.15) is 21.6 Å². The van der Waals surface area contributed by atoms with Gasteiger partial charge < -0.3 is 0 Å². The van der Waals surface area contributed by atoms with Gasteiger partial charge in [0.1, 0.15) is 0 Å². The number of pyridine rings is 1. The highest BCUT2D eigenvalue weighted by molar-refractivity contribution is 5.83. The van der Waals surface area contributed by atoms with Crippen LogP contribution in [0.4, 0.5) is 0 Å². The molecule has 1 aromatic carbocycles. The molecule has 0 amide bonds. The fraction of sp³-hybridized carbons (Fsp3) is 0. The summed E-state index contributed by atoms with van der Waals surface area (Å²) in [5.74, 6) is 0. The van der Waals surface area contributed by atoms with Gasteiger partial charge in [-0.05, 0) is 23.8 Å². The van der Waals surface area contributed by atoms with Gasteiger partial charge in [0.15, 0.2) is 6.29 Å². The molecule has 0 unspecified atom stereocenters. The molecule has 1 heterocycles. The lowest BCUT2D eigenvalue weighted by molar-refractivity contribution is 0.112. The lowest BCUT2D eigenvalue weighted by atomic mass is 10.1. The Morgan fingerprint density at radius 1 is 0.938 bits per heavy atom. The van der Waals surface area contributed by atoms with Crippen molar-refractivity contribution in [2.24, 2.45) is 0 Å². The molecule has 0 spiro atoms. The molecule has 0 aliphatic carbocycles. The first-order valence-corrected chi connectivity index (χ1v) is 5.03. The normalized spacial score (nSPS) is 10.5. The summed E-state index contributed by atoms with van der Waals surface area (Å²) in [5, 5.41) is 0. The maximum Gasteiger partial charge on any atom is 0.152 e. The van der Waals surface area contributed by atoms with Gasteiger partial charge in [0, 0.05) is 11.8 Å². The summed E-state index contributed by atoms with van der Waals surface area (Å²) in [7, 11) is 0. The molecule has 2 heteroatoms. The summed E-state index contributed by atoms with van der Waals surface area (Å²) < 4.78 is 0. The number of hydrogen-bond donors (Lipinski definition) is 0. The Labute approximate surface area is 94.3 Å². The molecule has 0 N–H and O–H groups in total. The number of hydrogen-bond acceptors (Lipinski definition) is 2. The van der Waals surface area contributed by atoms with Crippen LogP contribution in [0.2, 0.25) is 0 Å². The fourth-order valence-electron chi connectivity index (χ4n) is 1.41. The van der Waals surface area contributed by atoms with Gasteiger partial charge in [-0.3, -0.25) is 9.78 Å². The molecule has 0 saturated carbocycles. The summed E-state index contributed by atoms with van der Waals surface area (Å²) >= 11 is 0. The van der Waals surface area contributed by atoms with Crippen LogP contribution < -0.4 is 0 Å². The number of carbonyl (C=O) groups excluding carboxylic acids is 1. The molecule has 78 valence electrons. The molecule has 0 saturated heterocycles. The zero-order valence-electron chi connectivity index (χ0n) is 8.71. The van der Waals surface area contributed by atoms with Crippen LogP contribution in [0, 0.1) is 0 Å². The standard InChI is InChI=1S/C14H11NO/c16-11-13-7-4-10-15-14(13)9-8-12-5-2-1-3-6-12/h1-11H. The predicted molar refractivity (Wildman–Crippen MR) is 65.0 cm³/mol. The fourth-order valence-corrected chi connectivity index (χ4v) is 1.41. The Hall–Kier alpha value is -2.22. The van der Waals surface area contributed by atoms with Crippen LogP contribution in [0.15, 0.2) is 48.7 Å². The van der Waals surface area contributed by atoms with E-state index in [-0.39, 0.29) is 0 Å². The Kier molecular flexibility index (Phi) is 3.24. The Morgan fingerprint density at radius 3 is 2.50 bits per heavy atom. The van der Waals surface area contributed by atoms with Gasteiger partial charge in [0.25, 0.3) is 0 Å². The Bertz CT molecular complexity index is 503. The molecular formula is C14H11NO. The Balaban J connectivity index is 2.27. The molecule has 0 fully saturated rings. The van der Waals surface area contributed by atoms with Crippen molar-refractivity contribution in [2.75, 3.05) is 0 Å². The van der Waals surface area contributed by atoms with Gasteiger partial charge in [-0.25, -0.2) is 0 Å². The second-order valence-electron chi connectivity index (χ2n) is 3.34. The van der Waals surface area contributed by atoms with Crippen molar-refractivity contribution in [3.63, 3.8) is 0 Å². The van der Waals surface area contributed by atoms with Crippen LogP contribution >= 0.6 is 0 Å². The summed E-state index contributed by atoms with van der Waals surface area (Å²) in [6.45, 7) is 0. The molecule has 0 bridgehead atoms.